The van der Waals surface area contributed by atoms with E-state index in [4.69, 9.17) is 14.9 Å². The Hall–Kier alpha value is -1.10. The number of aliphatic hydroxyl groups excluding tert-OH is 1. The molecule has 0 radical (unpaired) electrons. The highest BCUT2D eigenvalue weighted by Gasteiger charge is 2.04. The quantitative estimate of drug-likeness (QED) is 0.463. The van der Waals surface area contributed by atoms with Gasteiger partial charge in [0.2, 0.25) is 0 Å². The fraction of sp³-hybridized carbons (Fsp3) is 0.818. The van der Waals surface area contributed by atoms with E-state index in [0.717, 1.165) is 0 Å². The lowest BCUT2D eigenvalue weighted by molar-refractivity contribution is -0.144. The van der Waals surface area contributed by atoms with Crippen molar-refractivity contribution in [1.29, 1.82) is 0 Å². The average molecular weight is 232 g/mol. The fourth-order valence-corrected chi connectivity index (χ4v) is 1.18. The second-order valence-corrected chi connectivity index (χ2v) is 3.81. The van der Waals surface area contributed by atoms with Gasteiger partial charge in [0.25, 0.3) is 0 Å². The number of rotatable bonds is 9. The van der Waals surface area contributed by atoms with Gasteiger partial charge in [-0.2, -0.15) is 0 Å². The monoisotopic (exact) mass is 232 g/mol. The van der Waals surface area contributed by atoms with Crippen molar-refractivity contribution < 1.29 is 24.5 Å². The third kappa shape index (κ3) is 11.0. The van der Waals surface area contributed by atoms with Gasteiger partial charge in [0.15, 0.2) is 0 Å². The van der Waals surface area contributed by atoms with Crippen LogP contribution in [0.1, 0.15) is 45.4 Å². The maximum atomic E-state index is 11.1. The van der Waals surface area contributed by atoms with E-state index in [1.54, 1.807) is 6.92 Å². The average Bonchev–Trinajstić information content (AvgIpc) is 2.19. The van der Waals surface area contributed by atoms with E-state index in [2.05, 4.69) is 0 Å². The molecule has 0 bridgehead atoms. The molecule has 0 spiro atoms. The van der Waals surface area contributed by atoms with Crippen molar-refractivity contribution in [3.05, 3.63) is 0 Å². The Morgan fingerprint density at radius 2 is 1.81 bits per heavy atom. The Kier molecular flexibility index (Phi) is 8.52. The van der Waals surface area contributed by atoms with E-state index in [-0.39, 0.29) is 24.9 Å². The van der Waals surface area contributed by atoms with Crippen molar-refractivity contribution >= 4 is 11.9 Å². The van der Waals surface area contributed by atoms with Gasteiger partial charge in [-0.3, -0.25) is 9.59 Å². The first-order chi connectivity index (χ1) is 7.52. The summed E-state index contributed by atoms with van der Waals surface area (Å²) in [6.07, 6.45) is 2.30. The van der Waals surface area contributed by atoms with Gasteiger partial charge in [0, 0.05) is 12.8 Å². The summed E-state index contributed by atoms with van der Waals surface area (Å²) >= 11 is 0. The van der Waals surface area contributed by atoms with Crippen LogP contribution >= 0.6 is 0 Å². The van der Waals surface area contributed by atoms with E-state index in [9.17, 15) is 9.59 Å². The molecule has 5 heteroatoms. The summed E-state index contributed by atoms with van der Waals surface area (Å²) in [6.45, 7) is 2.01. The van der Waals surface area contributed by atoms with Crippen molar-refractivity contribution in [2.75, 3.05) is 6.61 Å². The number of hydrogen-bond donors (Lipinski definition) is 2. The molecule has 1 unspecified atom stereocenters. The van der Waals surface area contributed by atoms with Crippen LogP contribution in [0.25, 0.3) is 0 Å². The van der Waals surface area contributed by atoms with Gasteiger partial charge < -0.3 is 14.9 Å². The van der Waals surface area contributed by atoms with Crippen LogP contribution < -0.4 is 0 Å². The lowest BCUT2D eigenvalue weighted by Gasteiger charge is -2.05. The standard InChI is InChI=1S/C11H20O5/c1-9(12)5-4-8-16-11(15)7-3-2-6-10(13)14/h9,12H,2-8H2,1H3,(H,13,14). The lowest BCUT2D eigenvalue weighted by atomic mass is 10.2. The van der Waals surface area contributed by atoms with Crippen molar-refractivity contribution in [3.8, 4) is 0 Å². The summed E-state index contributed by atoms with van der Waals surface area (Å²) in [5, 5.41) is 17.3. The predicted molar refractivity (Wildman–Crippen MR) is 58.0 cm³/mol. The SMILES string of the molecule is CC(O)CCCOC(=O)CCCCC(=O)O. The highest BCUT2D eigenvalue weighted by molar-refractivity contribution is 5.69. The highest BCUT2D eigenvalue weighted by atomic mass is 16.5. The molecule has 0 saturated carbocycles. The van der Waals surface area contributed by atoms with Crippen LogP contribution in [0.2, 0.25) is 0 Å². The number of carbonyl (C=O) groups is 2. The third-order valence-corrected chi connectivity index (χ3v) is 2.05. The Morgan fingerprint density at radius 1 is 1.19 bits per heavy atom. The normalized spacial score (nSPS) is 12.1. The van der Waals surface area contributed by atoms with Crippen LogP contribution in [0.4, 0.5) is 0 Å². The molecule has 16 heavy (non-hydrogen) atoms. The molecule has 94 valence electrons. The Bertz CT molecular complexity index is 212. The number of carboxylic acids is 1. The van der Waals surface area contributed by atoms with Gasteiger partial charge in [-0.1, -0.05) is 0 Å². The molecular weight excluding hydrogens is 212 g/mol. The van der Waals surface area contributed by atoms with Crippen LogP contribution in [0.3, 0.4) is 0 Å². The maximum Gasteiger partial charge on any atom is 0.305 e. The maximum absolute atomic E-state index is 11.1. The molecule has 0 aromatic rings. The summed E-state index contributed by atoms with van der Waals surface area (Å²) in [5.74, 6) is -1.14. The van der Waals surface area contributed by atoms with Crippen LogP contribution in [0.15, 0.2) is 0 Å². The van der Waals surface area contributed by atoms with Crippen LogP contribution in [-0.2, 0) is 14.3 Å². The van der Waals surface area contributed by atoms with E-state index in [0.29, 0.717) is 32.3 Å². The van der Waals surface area contributed by atoms with Gasteiger partial charge >= 0.3 is 11.9 Å². The molecule has 0 aliphatic rings. The Labute approximate surface area is 95.4 Å². The van der Waals surface area contributed by atoms with Crippen LogP contribution in [0, 0.1) is 0 Å². The zero-order chi connectivity index (χ0) is 12.4. The highest BCUT2D eigenvalue weighted by Crippen LogP contribution is 2.02. The van der Waals surface area contributed by atoms with Crippen molar-refractivity contribution in [3.63, 3.8) is 0 Å². The first-order valence-corrected chi connectivity index (χ1v) is 5.58. The summed E-state index contributed by atoms with van der Waals surface area (Å²) in [4.78, 5) is 21.3. The minimum atomic E-state index is -0.842. The zero-order valence-electron chi connectivity index (χ0n) is 9.65. The summed E-state index contributed by atoms with van der Waals surface area (Å²) in [5.41, 5.74) is 0. The minimum absolute atomic E-state index is 0.0926. The molecule has 0 saturated heterocycles. The first-order valence-electron chi connectivity index (χ1n) is 5.58. The number of carboxylic acid groups (broad SMARTS) is 1. The largest absolute Gasteiger partial charge is 0.481 e. The third-order valence-electron chi connectivity index (χ3n) is 2.05. The fourth-order valence-electron chi connectivity index (χ4n) is 1.18. The second kappa shape index (κ2) is 9.15. The van der Waals surface area contributed by atoms with E-state index < -0.39 is 5.97 Å². The van der Waals surface area contributed by atoms with Crippen LogP contribution in [0.5, 0.6) is 0 Å². The summed E-state index contributed by atoms with van der Waals surface area (Å²) in [7, 11) is 0. The molecular formula is C11H20O5. The number of aliphatic hydroxyl groups is 1. The molecule has 0 heterocycles. The van der Waals surface area contributed by atoms with Gasteiger partial charge in [0.1, 0.15) is 0 Å². The number of unbranched alkanes of at least 4 members (excludes halogenated alkanes) is 1. The molecule has 0 aromatic carbocycles. The lowest BCUT2D eigenvalue weighted by Crippen LogP contribution is -2.08. The number of carbonyl (C=O) groups excluding carboxylic acids is 1. The topological polar surface area (TPSA) is 83.8 Å². The number of ether oxygens (including phenoxy) is 1. The van der Waals surface area contributed by atoms with Gasteiger partial charge in [-0.15, -0.1) is 0 Å². The van der Waals surface area contributed by atoms with Crippen molar-refractivity contribution in [2.24, 2.45) is 0 Å². The van der Waals surface area contributed by atoms with E-state index >= 15 is 0 Å². The van der Waals surface area contributed by atoms with Gasteiger partial charge in [-0.05, 0) is 32.6 Å². The Balaban J connectivity index is 3.28. The Morgan fingerprint density at radius 3 is 2.38 bits per heavy atom. The smallest absolute Gasteiger partial charge is 0.305 e. The summed E-state index contributed by atoms with van der Waals surface area (Å²) in [6, 6.07) is 0. The molecule has 0 amide bonds. The van der Waals surface area contributed by atoms with Crippen LogP contribution in [-0.4, -0.2) is 34.9 Å². The van der Waals surface area contributed by atoms with E-state index in [1.807, 2.05) is 0 Å². The molecule has 0 aromatic heterocycles. The predicted octanol–water partition coefficient (Wildman–Crippen LogP) is 1.34. The molecule has 0 fully saturated rings. The zero-order valence-corrected chi connectivity index (χ0v) is 9.65. The molecule has 0 aliphatic carbocycles. The molecule has 5 nitrogen and oxygen atoms in total. The molecule has 1 atom stereocenters. The number of hydrogen-bond acceptors (Lipinski definition) is 4. The summed E-state index contributed by atoms with van der Waals surface area (Å²) < 4.78 is 4.90. The molecule has 0 aliphatic heterocycles. The second-order valence-electron chi connectivity index (χ2n) is 3.81. The van der Waals surface area contributed by atoms with Crippen molar-refractivity contribution in [1.82, 2.24) is 0 Å². The van der Waals surface area contributed by atoms with E-state index in [1.165, 1.54) is 0 Å². The first kappa shape index (κ1) is 14.9. The molecule has 0 rings (SSSR count). The van der Waals surface area contributed by atoms with Crippen molar-refractivity contribution in [2.45, 2.75) is 51.6 Å². The molecule has 2 N–H and O–H groups in total. The van der Waals surface area contributed by atoms with Gasteiger partial charge in [-0.25, -0.2) is 0 Å². The van der Waals surface area contributed by atoms with Gasteiger partial charge in [0.05, 0.1) is 12.7 Å². The minimum Gasteiger partial charge on any atom is -0.481 e. The number of aliphatic carboxylic acids is 1. The number of esters is 1.